The molecule has 13 heavy (non-hydrogen) atoms. The Morgan fingerprint density at radius 3 is 2.77 bits per heavy atom. The van der Waals surface area contributed by atoms with E-state index in [1.807, 2.05) is 0 Å². The molecule has 0 amide bonds. The Balaban J connectivity index is 2.94. The molecule has 0 aliphatic carbocycles. The molecule has 0 spiro atoms. The largest absolute Gasteiger partial charge is 0.503 e. The first kappa shape index (κ1) is 9.38. The number of hydrogen-bond acceptors (Lipinski definition) is 4. The summed E-state index contributed by atoms with van der Waals surface area (Å²) in [5, 5.41) is 0. The summed E-state index contributed by atoms with van der Waals surface area (Å²) in [7, 11) is 2.77. The first-order valence-electron chi connectivity index (χ1n) is 3.63. The summed E-state index contributed by atoms with van der Waals surface area (Å²) in [5.74, 6) is -0.455. The zero-order chi connectivity index (χ0) is 9.68. The number of esters is 1. The highest BCUT2D eigenvalue weighted by Crippen LogP contribution is 2.15. The topological polar surface area (TPSA) is 48.7 Å². The molecule has 0 N–H and O–H groups in total. The van der Waals surface area contributed by atoms with Gasteiger partial charge in [-0.05, 0) is 6.07 Å². The SMILES string of the molecule is COC=C(C(=O)OC)c1ccoc1. The lowest BCUT2D eigenvalue weighted by atomic mass is 10.1. The maximum Gasteiger partial charge on any atom is 0.341 e. The predicted octanol–water partition coefficient (Wildman–Crippen LogP) is 1.44. The average molecular weight is 182 g/mol. The third-order valence-electron chi connectivity index (χ3n) is 1.47. The Morgan fingerprint density at radius 2 is 2.31 bits per heavy atom. The van der Waals surface area contributed by atoms with Gasteiger partial charge in [-0.25, -0.2) is 4.79 Å². The van der Waals surface area contributed by atoms with Crippen LogP contribution in [0, 0.1) is 0 Å². The van der Waals surface area contributed by atoms with Gasteiger partial charge in [0.15, 0.2) is 0 Å². The molecule has 1 aromatic rings. The first-order chi connectivity index (χ1) is 6.29. The number of ether oxygens (including phenoxy) is 2. The summed E-state index contributed by atoms with van der Waals surface area (Å²) < 4.78 is 14.1. The number of rotatable bonds is 3. The molecule has 0 aromatic carbocycles. The summed E-state index contributed by atoms with van der Waals surface area (Å²) >= 11 is 0. The van der Waals surface area contributed by atoms with Crippen molar-refractivity contribution >= 4 is 11.5 Å². The maximum absolute atomic E-state index is 11.2. The molecule has 0 bridgehead atoms. The third-order valence-corrected chi connectivity index (χ3v) is 1.47. The molecule has 0 radical (unpaired) electrons. The van der Waals surface area contributed by atoms with Gasteiger partial charge in [-0.1, -0.05) is 0 Å². The van der Waals surface area contributed by atoms with E-state index in [9.17, 15) is 4.79 Å². The minimum atomic E-state index is -0.455. The van der Waals surface area contributed by atoms with Crippen LogP contribution >= 0.6 is 0 Å². The third kappa shape index (κ3) is 2.11. The van der Waals surface area contributed by atoms with Crippen LogP contribution < -0.4 is 0 Å². The Bertz CT molecular complexity index is 297. The normalized spacial score (nSPS) is 11.1. The van der Waals surface area contributed by atoms with E-state index in [0.717, 1.165) is 0 Å². The van der Waals surface area contributed by atoms with Crippen LogP contribution in [0.25, 0.3) is 5.57 Å². The van der Waals surface area contributed by atoms with Crippen LogP contribution in [0.5, 0.6) is 0 Å². The molecule has 0 saturated heterocycles. The second-order valence-electron chi connectivity index (χ2n) is 2.27. The highest BCUT2D eigenvalue weighted by atomic mass is 16.5. The van der Waals surface area contributed by atoms with Gasteiger partial charge in [0, 0.05) is 5.56 Å². The molecular formula is C9H10O4. The lowest BCUT2D eigenvalue weighted by molar-refractivity contribution is -0.133. The smallest absolute Gasteiger partial charge is 0.341 e. The lowest BCUT2D eigenvalue weighted by Gasteiger charge is -2.01. The van der Waals surface area contributed by atoms with Crippen molar-refractivity contribution in [2.75, 3.05) is 14.2 Å². The molecule has 0 aliphatic rings. The van der Waals surface area contributed by atoms with Gasteiger partial charge in [-0.2, -0.15) is 0 Å². The molecule has 1 heterocycles. The van der Waals surface area contributed by atoms with Crippen LogP contribution in [0.2, 0.25) is 0 Å². The Labute approximate surface area is 75.7 Å². The molecule has 0 atom stereocenters. The quantitative estimate of drug-likeness (QED) is 0.403. The second-order valence-corrected chi connectivity index (χ2v) is 2.27. The summed E-state index contributed by atoms with van der Waals surface area (Å²) in [6.45, 7) is 0. The Kier molecular flexibility index (Phi) is 3.14. The van der Waals surface area contributed by atoms with Gasteiger partial charge in [-0.15, -0.1) is 0 Å². The van der Waals surface area contributed by atoms with Gasteiger partial charge in [0.2, 0.25) is 0 Å². The van der Waals surface area contributed by atoms with Crippen molar-refractivity contribution in [1.29, 1.82) is 0 Å². The van der Waals surface area contributed by atoms with Gasteiger partial charge in [0.05, 0.1) is 33.0 Å². The molecule has 0 unspecified atom stereocenters. The predicted molar refractivity (Wildman–Crippen MR) is 45.7 cm³/mol. The van der Waals surface area contributed by atoms with Crippen LogP contribution in [-0.2, 0) is 14.3 Å². The highest BCUT2D eigenvalue weighted by Gasteiger charge is 2.13. The molecule has 70 valence electrons. The van der Waals surface area contributed by atoms with Crippen LogP contribution in [0.4, 0.5) is 0 Å². The van der Waals surface area contributed by atoms with Crippen molar-refractivity contribution in [2.24, 2.45) is 0 Å². The molecule has 0 aliphatic heterocycles. The molecule has 1 rings (SSSR count). The van der Waals surface area contributed by atoms with Crippen molar-refractivity contribution in [3.8, 4) is 0 Å². The monoisotopic (exact) mass is 182 g/mol. The van der Waals surface area contributed by atoms with Gasteiger partial charge in [-0.3, -0.25) is 0 Å². The van der Waals surface area contributed by atoms with E-state index in [1.165, 1.54) is 33.0 Å². The lowest BCUT2D eigenvalue weighted by Crippen LogP contribution is -2.03. The van der Waals surface area contributed by atoms with Crippen molar-refractivity contribution < 1.29 is 18.7 Å². The number of methoxy groups -OCH3 is 2. The van der Waals surface area contributed by atoms with Crippen LogP contribution in [0.3, 0.4) is 0 Å². The van der Waals surface area contributed by atoms with Crippen molar-refractivity contribution in [3.63, 3.8) is 0 Å². The number of carbonyl (C=O) groups is 1. The minimum Gasteiger partial charge on any atom is -0.503 e. The van der Waals surface area contributed by atoms with Crippen LogP contribution in [0.1, 0.15) is 5.56 Å². The number of carbonyl (C=O) groups excluding carboxylic acids is 1. The zero-order valence-corrected chi connectivity index (χ0v) is 7.44. The van der Waals surface area contributed by atoms with E-state index in [4.69, 9.17) is 9.15 Å². The van der Waals surface area contributed by atoms with Crippen molar-refractivity contribution in [3.05, 3.63) is 30.4 Å². The van der Waals surface area contributed by atoms with E-state index in [-0.39, 0.29) is 0 Å². The molecule has 0 saturated carbocycles. The van der Waals surface area contributed by atoms with Crippen molar-refractivity contribution in [2.45, 2.75) is 0 Å². The van der Waals surface area contributed by atoms with E-state index >= 15 is 0 Å². The first-order valence-corrected chi connectivity index (χ1v) is 3.63. The van der Waals surface area contributed by atoms with Crippen LogP contribution in [0.15, 0.2) is 29.3 Å². The van der Waals surface area contributed by atoms with Crippen molar-refractivity contribution in [1.82, 2.24) is 0 Å². The Hall–Kier alpha value is -1.71. The molecule has 1 aromatic heterocycles. The van der Waals surface area contributed by atoms with E-state index in [0.29, 0.717) is 11.1 Å². The van der Waals surface area contributed by atoms with E-state index < -0.39 is 5.97 Å². The maximum atomic E-state index is 11.2. The zero-order valence-electron chi connectivity index (χ0n) is 7.44. The van der Waals surface area contributed by atoms with Gasteiger partial charge >= 0.3 is 5.97 Å². The summed E-state index contributed by atoms with van der Waals surface area (Å²) in [5.41, 5.74) is 0.965. The van der Waals surface area contributed by atoms with Gasteiger partial charge in [0.25, 0.3) is 0 Å². The fourth-order valence-electron chi connectivity index (χ4n) is 0.880. The van der Waals surface area contributed by atoms with E-state index in [1.54, 1.807) is 6.07 Å². The number of hydrogen-bond donors (Lipinski definition) is 0. The fraction of sp³-hybridized carbons (Fsp3) is 0.222. The molecule has 0 fully saturated rings. The van der Waals surface area contributed by atoms with Gasteiger partial charge < -0.3 is 13.9 Å². The highest BCUT2D eigenvalue weighted by molar-refractivity contribution is 6.15. The fourth-order valence-corrected chi connectivity index (χ4v) is 0.880. The summed E-state index contributed by atoms with van der Waals surface area (Å²) in [6, 6.07) is 1.65. The Morgan fingerprint density at radius 1 is 1.54 bits per heavy atom. The minimum absolute atomic E-state index is 0.332. The summed E-state index contributed by atoms with van der Waals surface area (Å²) in [6.07, 6.45) is 4.24. The van der Waals surface area contributed by atoms with Gasteiger partial charge in [0.1, 0.15) is 5.57 Å². The molecule has 4 nitrogen and oxygen atoms in total. The second kappa shape index (κ2) is 4.35. The average Bonchev–Trinajstić information content (AvgIpc) is 2.65. The molecular weight excluding hydrogens is 172 g/mol. The standard InChI is InChI=1S/C9H10O4/c1-11-6-8(9(10)12-2)7-3-4-13-5-7/h3-6H,1-2H3. The van der Waals surface area contributed by atoms with E-state index in [2.05, 4.69) is 4.74 Å². The van der Waals surface area contributed by atoms with Crippen LogP contribution in [-0.4, -0.2) is 20.2 Å². The molecule has 4 heteroatoms. The number of furan rings is 1. The summed E-state index contributed by atoms with van der Waals surface area (Å²) in [4.78, 5) is 11.2.